The van der Waals surface area contributed by atoms with Gasteiger partial charge in [-0.2, -0.15) is 0 Å². The molecule has 1 N–H and O–H groups in total. The zero-order valence-corrected chi connectivity index (χ0v) is 16.2. The number of nitro groups is 1. The van der Waals surface area contributed by atoms with Gasteiger partial charge in [-0.3, -0.25) is 19.8 Å². The summed E-state index contributed by atoms with van der Waals surface area (Å²) in [5, 5.41) is 21.3. The maximum Gasteiger partial charge on any atom is 0.308 e. The first kappa shape index (κ1) is 19.2. The molecule has 0 bridgehead atoms. The fourth-order valence-corrected chi connectivity index (χ4v) is 4.52. The van der Waals surface area contributed by atoms with Crippen molar-refractivity contribution in [1.29, 1.82) is 0 Å². The molecule has 0 spiro atoms. The highest BCUT2D eigenvalue weighted by Crippen LogP contribution is 2.43. The van der Waals surface area contributed by atoms with Crippen LogP contribution < -0.4 is 0 Å². The fourth-order valence-electron chi connectivity index (χ4n) is 3.40. The molecule has 2 aromatic rings. The van der Waals surface area contributed by atoms with E-state index >= 15 is 0 Å². The molecule has 0 atom stereocenters. The molecule has 2 aliphatic rings. The number of nitro benzene ring substituents is 1. The van der Waals surface area contributed by atoms with E-state index in [1.165, 1.54) is 23.9 Å². The monoisotopic (exact) mass is 410 g/mol. The van der Waals surface area contributed by atoms with Crippen LogP contribution >= 0.6 is 11.8 Å². The quantitative estimate of drug-likeness (QED) is 0.574. The number of aliphatic imine (C=N–C) groups is 1. The summed E-state index contributed by atoms with van der Waals surface area (Å²) in [6.45, 7) is 1.74. The highest BCUT2D eigenvalue weighted by Gasteiger charge is 2.35. The van der Waals surface area contributed by atoms with Gasteiger partial charge in [0.25, 0.3) is 5.69 Å². The van der Waals surface area contributed by atoms with Gasteiger partial charge in [0, 0.05) is 29.1 Å². The molecule has 2 heterocycles. The number of carboxylic acids is 1. The van der Waals surface area contributed by atoms with Crippen LogP contribution in [0.4, 0.5) is 5.69 Å². The van der Waals surface area contributed by atoms with Crippen LogP contribution in [-0.2, 0) is 11.3 Å². The second kappa shape index (κ2) is 8.06. The van der Waals surface area contributed by atoms with E-state index in [2.05, 4.69) is 9.89 Å². The third-order valence-electron chi connectivity index (χ3n) is 4.62. The van der Waals surface area contributed by atoms with Gasteiger partial charge >= 0.3 is 5.97 Å². The van der Waals surface area contributed by atoms with Crippen LogP contribution in [0.1, 0.15) is 17.5 Å². The molecule has 0 amide bonds. The molecule has 4 rings (SSSR count). The number of carbonyl (C=O) groups is 1. The van der Waals surface area contributed by atoms with E-state index in [-0.39, 0.29) is 12.1 Å². The van der Waals surface area contributed by atoms with Crippen molar-refractivity contribution in [3.05, 3.63) is 80.7 Å². The first-order valence-electron chi connectivity index (χ1n) is 8.97. The normalized spacial score (nSPS) is 16.6. The zero-order valence-electron chi connectivity index (χ0n) is 15.4. The fraction of sp³-hybridized carbons (Fsp3) is 0.200. The summed E-state index contributed by atoms with van der Waals surface area (Å²) in [6.07, 6.45) is -0.156. The van der Waals surface area contributed by atoms with E-state index in [0.717, 1.165) is 10.7 Å². The number of rotatable bonds is 6. The molecule has 0 fully saturated rings. The predicted octanol–water partition coefficient (Wildman–Crippen LogP) is 3.57. The molecule has 0 saturated heterocycles. The summed E-state index contributed by atoms with van der Waals surface area (Å²) in [5.41, 5.74) is 2.43. The van der Waals surface area contributed by atoms with E-state index in [1.807, 2.05) is 35.2 Å². The van der Waals surface area contributed by atoms with Crippen LogP contribution in [0.25, 0.3) is 5.70 Å². The minimum Gasteiger partial charge on any atom is -0.481 e. The summed E-state index contributed by atoms with van der Waals surface area (Å²) in [4.78, 5) is 31.5. The van der Waals surface area contributed by atoms with E-state index in [0.29, 0.717) is 36.0 Å². The van der Waals surface area contributed by atoms with Crippen LogP contribution in [0.5, 0.6) is 0 Å². The standard InChI is InChI=1S/C20H18N4O4S/c25-18(26)10-17-19(15-7-4-8-16(9-15)24(27)28)23-13-22(12-21-20(23)29-17)11-14-5-2-1-3-6-14/h1-9H,10-13H2,(H,25,26). The molecule has 29 heavy (non-hydrogen) atoms. The molecular formula is C20H18N4O4S. The molecule has 148 valence electrons. The van der Waals surface area contributed by atoms with Crippen molar-refractivity contribution >= 4 is 34.3 Å². The van der Waals surface area contributed by atoms with Crippen molar-refractivity contribution in [2.75, 3.05) is 13.3 Å². The van der Waals surface area contributed by atoms with Gasteiger partial charge in [-0.05, 0) is 5.56 Å². The van der Waals surface area contributed by atoms with E-state index < -0.39 is 10.9 Å². The molecular weight excluding hydrogens is 392 g/mol. The number of non-ortho nitro benzene ring substituents is 1. The van der Waals surface area contributed by atoms with E-state index in [4.69, 9.17) is 0 Å². The summed E-state index contributed by atoms with van der Waals surface area (Å²) < 4.78 is 0. The lowest BCUT2D eigenvalue weighted by molar-refractivity contribution is -0.384. The molecule has 0 saturated carbocycles. The smallest absolute Gasteiger partial charge is 0.308 e. The second-order valence-electron chi connectivity index (χ2n) is 6.72. The van der Waals surface area contributed by atoms with Gasteiger partial charge in [0.15, 0.2) is 5.17 Å². The molecule has 9 heteroatoms. The lowest BCUT2D eigenvalue weighted by atomic mass is 10.1. The van der Waals surface area contributed by atoms with Crippen LogP contribution in [0.2, 0.25) is 0 Å². The summed E-state index contributed by atoms with van der Waals surface area (Å²) >= 11 is 1.33. The van der Waals surface area contributed by atoms with Crippen LogP contribution in [0.15, 0.2) is 64.5 Å². The van der Waals surface area contributed by atoms with Gasteiger partial charge in [0.2, 0.25) is 0 Å². The van der Waals surface area contributed by atoms with Crippen molar-refractivity contribution in [3.63, 3.8) is 0 Å². The summed E-state index contributed by atoms with van der Waals surface area (Å²) in [5.74, 6) is -0.947. The number of hydrogen-bond acceptors (Lipinski definition) is 7. The van der Waals surface area contributed by atoms with Crippen LogP contribution in [0, 0.1) is 10.1 Å². The van der Waals surface area contributed by atoms with Crippen molar-refractivity contribution in [2.24, 2.45) is 4.99 Å². The Bertz CT molecular complexity index is 1020. The highest BCUT2D eigenvalue weighted by molar-refractivity contribution is 8.17. The van der Waals surface area contributed by atoms with Gasteiger partial charge in [-0.15, -0.1) is 0 Å². The lowest BCUT2D eigenvalue weighted by Gasteiger charge is -2.33. The number of carboxylic acid groups (broad SMARTS) is 1. The number of aliphatic carboxylic acids is 1. The Labute approximate surface area is 171 Å². The van der Waals surface area contributed by atoms with Crippen molar-refractivity contribution in [3.8, 4) is 0 Å². The minimum absolute atomic E-state index is 0.0294. The first-order valence-corrected chi connectivity index (χ1v) is 9.79. The molecule has 0 unspecified atom stereocenters. The Morgan fingerprint density at radius 3 is 2.72 bits per heavy atom. The number of benzene rings is 2. The van der Waals surface area contributed by atoms with Gasteiger partial charge < -0.3 is 10.0 Å². The van der Waals surface area contributed by atoms with E-state index in [1.54, 1.807) is 12.1 Å². The van der Waals surface area contributed by atoms with Gasteiger partial charge in [0.1, 0.15) is 0 Å². The van der Waals surface area contributed by atoms with Gasteiger partial charge in [-0.1, -0.05) is 54.2 Å². The molecule has 0 aliphatic carbocycles. The number of hydrogen-bond donors (Lipinski definition) is 1. The van der Waals surface area contributed by atoms with E-state index in [9.17, 15) is 20.0 Å². The molecule has 2 aromatic carbocycles. The van der Waals surface area contributed by atoms with Crippen molar-refractivity contribution in [2.45, 2.75) is 13.0 Å². The second-order valence-corrected chi connectivity index (χ2v) is 7.78. The molecule has 2 aliphatic heterocycles. The van der Waals surface area contributed by atoms with Gasteiger partial charge in [-0.25, -0.2) is 4.99 Å². The summed E-state index contributed by atoms with van der Waals surface area (Å²) in [7, 11) is 0. The average molecular weight is 410 g/mol. The lowest BCUT2D eigenvalue weighted by Crippen LogP contribution is -2.42. The average Bonchev–Trinajstić information content (AvgIpc) is 3.05. The predicted molar refractivity (Wildman–Crippen MR) is 111 cm³/mol. The Morgan fingerprint density at radius 1 is 1.21 bits per heavy atom. The number of amidine groups is 1. The van der Waals surface area contributed by atoms with Crippen molar-refractivity contribution < 1.29 is 14.8 Å². The molecule has 0 aromatic heterocycles. The van der Waals surface area contributed by atoms with Crippen LogP contribution in [0.3, 0.4) is 0 Å². The number of fused-ring (bicyclic) bond motifs is 1. The van der Waals surface area contributed by atoms with Crippen LogP contribution in [-0.4, -0.2) is 44.3 Å². The Hall–Kier alpha value is -3.17. The number of thioether (sulfide) groups is 1. The highest BCUT2D eigenvalue weighted by atomic mass is 32.2. The maximum atomic E-state index is 11.4. The third-order valence-corrected chi connectivity index (χ3v) is 5.73. The Balaban J connectivity index is 1.67. The zero-order chi connectivity index (χ0) is 20.4. The molecule has 8 nitrogen and oxygen atoms in total. The van der Waals surface area contributed by atoms with Gasteiger partial charge in [0.05, 0.1) is 30.4 Å². The minimum atomic E-state index is -0.947. The summed E-state index contributed by atoms with van der Waals surface area (Å²) in [6, 6.07) is 16.3. The first-order chi connectivity index (χ1) is 14.0. The Kier molecular flexibility index (Phi) is 5.32. The number of nitrogens with zero attached hydrogens (tertiary/aromatic N) is 4. The third kappa shape index (κ3) is 4.15. The largest absolute Gasteiger partial charge is 0.481 e. The topological polar surface area (TPSA) is 99.3 Å². The molecule has 0 radical (unpaired) electrons. The van der Waals surface area contributed by atoms with Crippen molar-refractivity contribution in [1.82, 2.24) is 9.80 Å². The SMILES string of the molecule is O=C(O)CC1=C(c2cccc([N+](=O)[O-])c2)N2CN(Cc3ccccc3)CN=C2S1. The Morgan fingerprint density at radius 2 is 2.00 bits per heavy atom. The maximum absolute atomic E-state index is 11.4.